The van der Waals surface area contributed by atoms with E-state index in [0.717, 1.165) is 29.7 Å². The number of methoxy groups -OCH3 is 1. The van der Waals surface area contributed by atoms with Gasteiger partial charge < -0.3 is 15.4 Å². The molecule has 0 radical (unpaired) electrons. The fourth-order valence-electron chi connectivity index (χ4n) is 3.53. The summed E-state index contributed by atoms with van der Waals surface area (Å²) in [7, 11) is 1.62. The van der Waals surface area contributed by atoms with Crippen LogP contribution in [0.15, 0.2) is 48.5 Å². The van der Waals surface area contributed by atoms with Crippen molar-refractivity contribution in [3.05, 3.63) is 65.5 Å². The molecular weight excluding hydrogens is 385 g/mol. The van der Waals surface area contributed by atoms with Crippen LogP contribution in [0.4, 0.5) is 4.39 Å². The second-order valence-corrected chi connectivity index (χ2v) is 7.52. The molecule has 0 aromatic heterocycles. The molecule has 1 fully saturated rings. The summed E-state index contributed by atoms with van der Waals surface area (Å²) in [6, 6.07) is 13.7. The Balaban J connectivity index is 1.35. The lowest BCUT2D eigenvalue weighted by Gasteiger charge is -2.30. The van der Waals surface area contributed by atoms with Crippen LogP contribution < -0.4 is 15.4 Å². The van der Waals surface area contributed by atoms with Gasteiger partial charge in [0.25, 0.3) is 0 Å². The van der Waals surface area contributed by atoms with E-state index >= 15 is 0 Å². The van der Waals surface area contributed by atoms with E-state index < -0.39 is 0 Å². The van der Waals surface area contributed by atoms with E-state index in [2.05, 4.69) is 15.5 Å². The van der Waals surface area contributed by atoms with Crippen molar-refractivity contribution < 1.29 is 18.7 Å². The van der Waals surface area contributed by atoms with Gasteiger partial charge in [0.05, 0.1) is 13.7 Å². The van der Waals surface area contributed by atoms with Crippen molar-refractivity contribution in [2.75, 3.05) is 26.7 Å². The molecule has 0 spiro atoms. The van der Waals surface area contributed by atoms with Crippen molar-refractivity contribution in [1.29, 1.82) is 0 Å². The first-order chi connectivity index (χ1) is 14.5. The molecule has 160 valence electrons. The second kappa shape index (κ2) is 10.7. The third-order valence-corrected chi connectivity index (χ3v) is 5.33. The van der Waals surface area contributed by atoms with Crippen LogP contribution in [-0.2, 0) is 22.7 Å². The lowest BCUT2D eigenvalue weighted by molar-refractivity contribution is -0.127. The van der Waals surface area contributed by atoms with Crippen molar-refractivity contribution in [3.8, 4) is 5.75 Å². The minimum absolute atomic E-state index is 0.0152. The van der Waals surface area contributed by atoms with Gasteiger partial charge in [-0.25, -0.2) is 4.39 Å². The number of hydrogen-bond donors (Lipinski definition) is 2. The van der Waals surface area contributed by atoms with Crippen molar-refractivity contribution in [1.82, 2.24) is 15.5 Å². The van der Waals surface area contributed by atoms with E-state index in [0.29, 0.717) is 32.7 Å². The minimum Gasteiger partial charge on any atom is -0.497 e. The SMILES string of the molecule is COc1cccc(CNC(=O)CN2CCC(C(=O)NCc3ccc(F)cc3)CC2)c1. The zero-order valence-electron chi connectivity index (χ0n) is 17.2. The number of hydrogen-bond acceptors (Lipinski definition) is 4. The molecule has 1 saturated heterocycles. The van der Waals surface area contributed by atoms with Gasteiger partial charge >= 0.3 is 0 Å². The zero-order valence-corrected chi connectivity index (χ0v) is 17.2. The van der Waals surface area contributed by atoms with Crippen LogP contribution in [0.1, 0.15) is 24.0 Å². The first-order valence-corrected chi connectivity index (χ1v) is 10.2. The molecule has 7 heteroatoms. The number of nitrogens with zero attached hydrogens (tertiary/aromatic N) is 1. The van der Waals surface area contributed by atoms with Crippen LogP contribution in [0.3, 0.4) is 0 Å². The number of carbonyl (C=O) groups is 2. The second-order valence-electron chi connectivity index (χ2n) is 7.52. The third kappa shape index (κ3) is 6.56. The van der Waals surface area contributed by atoms with Crippen molar-refractivity contribution >= 4 is 11.8 Å². The fraction of sp³-hybridized carbons (Fsp3) is 0.391. The zero-order chi connectivity index (χ0) is 21.3. The number of amides is 2. The van der Waals surface area contributed by atoms with Gasteiger partial charge in [0, 0.05) is 19.0 Å². The monoisotopic (exact) mass is 413 g/mol. The summed E-state index contributed by atoms with van der Waals surface area (Å²) in [5, 5.41) is 5.85. The maximum absolute atomic E-state index is 12.9. The van der Waals surface area contributed by atoms with Crippen LogP contribution in [0.25, 0.3) is 0 Å². The van der Waals surface area contributed by atoms with Gasteiger partial charge in [0.15, 0.2) is 0 Å². The maximum Gasteiger partial charge on any atom is 0.234 e. The standard InChI is InChI=1S/C23H28FN3O3/c1-30-21-4-2-3-18(13-21)15-25-22(28)16-27-11-9-19(10-12-27)23(29)26-14-17-5-7-20(24)8-6-17/h2-8,13,19H,9-12,14-16H2,1H3,(H,25,28)(H,26,29). The van der Waals surface area contributed by atoms with Crippen LogP contribution in [0.2, 0.25) is 0 Å². The molecule has 2 aromatic carbocycles. The summed E-state index contributed by atoms with van der Waals surface area (Å²) in [6.45, 7) is 2.60. The number of rotatable bonds is 8. The van der Waals surface area contributed by atoms with Gasteiger partial charge in [-0.15, -0.1) is 0 Å². The Labute approximate surface area is 176 Å². The number of piperidine rings is 1. The van der Waals surface area contributed by atoms with E-state index in [4.69, 9.17) is 4.74 Å². The van der Waals surface area contributed by atoms with Crippen LogP contribution >= 0.6 is 0 Å². The minimum atomic E-state index is -0.287. The average molecular weight is 413 g/mol. The summed E-state index contributed by atoms with van der Waals surface area (Å²) in [6.07, 6.45) is 1.44. The molecule has 0 saturated carbocycles. The number of carbonyl (C=O) groups excluding carboxylic acids is 2. The topological polar surface area (TPSA) is 70.7 Å². The normalized spacial score (nSPS) is 14.9. The van der Waals surface area contributed by atoms with E-state index in [9.17, 15) is 14.0 Å². The number of likely N-dealkylation sites (tertiary alicyclic amines) is 1. The lowest BCUT2D eigenvalue weighted by atomic mass is 9.96. The molecule has 2 aromatic rings. The number of halogens is 1. The summed E-state index contributed by atoms with van der Waals surface area (Å²) in [5.74, 6) is 0.409. The Hall–Kier alpha value is -2.93. The maximum atomic E-state index is 12.9. The van der Waals surface area contributed by atoms with Crippen LogP contribution in [0.5, 0.6) is 5.75 Å². The number of benzene rings is 2. The Morgan fingerprint density at radius 2 is 1.73 bits per heavy atom. The van der Waals surface area contributed by atoms with Crippen molar-refractivity contribution in [2.45, 2.75) is 25.9 Å². The van der Waals surface area contributed by atoms with Gasteiger partial charge in [0.1, 0.15) is 11.6 Å². The van der Waals surface area contributed by atoms with E-state index in [1.165, 1.54) is 12.1 Å². The van der Waals surface area contributed by atoms with Crippen LogP contribution in [0, 0.1) is 11.7 Å². The Kier molecular flexibility index (Phi) is 7.79. The summed E-state index contributed by atoms with van der Waals surface area (Å²) in [4.78, 5) is 26.7. The molecule has 2 amide bonds. The molecule has 0 unspecified atom stereocenters. The Morgan fingerprint density at radius 3 is 2.43 bits per heavy atom. The van der Waals surface area contributed by atoms with Gasteiger partial charge in [-0.2, -0.15) is 0 Å². The first-order valence-electron chi connectivity index (χ1n) is 10.2. The van der Waals surface area contributed by atoms with Gasteiger partial charge in [0.2, 0.25) is 11.8 Å². The molecule has 1 aliphatic heterocycles. The van der Waals surface area contributed by atoms with E-state index in [-0.39, 0.29) is 23.5 Å². The van der Waals surface area contributed by atoms with Crippen LogP contribution in [-0.4, -0.2) is 43.5 Å². The Morgan fingerprint density at radius 1 is 1.03 bits per heavy atom. The predicted octanol–water partition coefficient (Wildman–Crippen LogP) is 2.48. The molecule has 2 N–H and O–H groups in total. The highest BCUT2D eigenvalue weighted by Crippen LogP contribution is 2.17. The third-order valence-electron chi connectivity index (χ3n) is 5.33. The van der Waals surface area contributed by atoms with Crippen molar-refractivity contribution in [3.63, 3.8) is 0 Å². The van der Waals surface area contributed by atoms with Crippen molar-refractivity contribution in [2.24, 2.45) is 5.92 Å². The molecule has 1 heterocycles. The number of nitrogens with one attached hydrogen (secondary N) is 2. The quantitative estimate of drug-likeness (QED) is 0.698. The molecule has 0 aliphatic carbocycles. The van der Waals surface area contributed by atoms with E-state index in [1.807, 2.05) is 24.3 Å². The molecule has 0 atom stereocenters. The highest BCUT2D eigenvalue weighted by atomic mass is 19.1. The molecule has 1 aliphatic rings. The van der Waals surface area contributed by atoms with Gasteiger partial charge in [-0.1, -0.05) is 24.3 Å². The highest BCUT2D eigenvalue weighted by molar-refractivity contribution is 5.79. The lowest BCUT2D eigenvalue weighted by Crippen LogP contribution is -2.44. The fourth-order valence-corrected chi connectivity index (χ4v) is 3.53. The first kappa shape index (κ1) is 21.8. The highest BCUT2D eigenvalue weighted by Gasteiger charge is 2.25. The molecule has 6 nitrogen and oxygen atoms in total. The average Bonchev–Trinajstić information content (AvgIpc) is 2.78. The Bertz CT molecular complexity index is 849. The molecule has 30 heavy (non-hydrogen) atoms. The van der Waals surface area contributed by atoms with Gasteiger partial charge in [-0.3, -0.25) is 14.5 Å². The summed E-state index contributed by atoms with van der Waals surface area (Å²) >= 11 is 0. The number of ether oxygens (including phenoxy) is 1. The van der Waals surface area contributed by atoms with Gasteiger partial charge in [-0.05, 0) is 61.3 Å². The smallest absolute Gasteiger partial charge is 0.234 e. The molecular formula is C23H28FN3O3. The largest absolute Gasteiger partial charge is 0.497 e. The summed E-state index contributed by atoms with van der Waals surface area (Å²) in [5.41, 5.74) is 1.86. The van der Waals surface area contributed by atoms with E-state index in [1.54, 1.807) is 19.2 Å². The summed E-state index contributed by atoms with van der Waals surface area (Å²) < 4.78 is 18.1. The molecule has 3 rings (SSSR count). The predicted molar refractivity (Wildman–Crippen MR) is 112 cm³/mol. The molecule has 0 bridgehead atoms.